The van der Waals surface area contributed by atoms with Crippen molar-refractivity contribution in [3.05, 3.63) is 36.4 Å². The SMILES string of the molecule is CSc1nnnn1-c1cccc(NC(=O)C2CC=CCC2)c1. The monoisotopic (exact) mass is 315 g/mol. The molecule has 0 saturated carbocycles. The number of rotatable bonds is 4. The largest absolute Gasteiger partial charge is 0.326 e. The number of benzene rings is 1. The van der Waals surface area contributed by atoms with Crippen LogP contribution in [0.5, 0.6) is 0 Å². The van der Waals surface area contributed by atoms with Gasteiger partial charge in [0.15, 0.2) is 0 Å². The number of nitrogens with zero attached hydrogens (tertiary/aromatic N) is 4. The highest BCUT2D eigenvalue weighted by molar-refractivity contribution is 7.98. The number of nitrogens with one attached hydrogen (secondary N) is 1. The molecule has 3 rings (SSSR count). The molecule has 7 heteroatoms. The van der Waals surface area contributed by atoms with E-state index in [0.29, 0.717) is 5.16 Å². The Bertz CT molecular complexity index is 697. The lowest BCUT2D eigenvalue weighted by Gasteiger charge is -2.17. The first-order chi connectivity index (χ1) is 10.8. The van der Waals surface area contributed by atoms with Crippen molar-refractivity contribution in [2.45, 2.75) is 24.4 Å². The molecule has 1 amide bonds. The summed E-state index contributed by atoms with van der Waals surface area (Å²) < 4.78 is 1.66. The Hall–Kier alpha value is -2.15. The lowest BCUT2D eigenvalue weighted by molar-refractivity contribution is -0.120. The number of aromatic nitrogens is 4. The topological polar surface area (TPSA) is 72.7 Å². The number of allylic oxidation sites excluding steroid dienone is 2. The van der Waals surface area contributed by atoms with Gasteiger partial charge in [-0.25, -0.2) is 0 Å². The molecule has 22 heavy (non-hydrogen) atoms. The number of amides is 1. The maximum Gasteiger partial charge on any atom is 0.227 e. The van der Waals surface area contributed by atoms with E-state index in [2.05, 4.69) is 33.0 Å². The van der Waals surface area contributed by atoms with Gasteiger partial charge in [-0.2, -0.15) is 4.68 Å². The second-order valence-electron chi connectivity index (χ2n) is 5.10. The molecule has 0 aliphatic heterocycles. The van der Waals surface area contributed by atoms with Gasteiger partial charge in [-0.05, 0) is 54.1 Å². The van der Waals surface area contributed by atoms with Gasteiger partial charge in [0.05, 0.1) is 5.69 Å². The zero-order valence-corrected chi connectivity index (χ0v) is 13.1. The molecule has 1 aliphatic rings. The molecule has 2 aromatic rings. The second kappa shape index (κ2) is 6.74. The van der Waals surface area contributed by atoms with Crippen LogP contribution < -0.4 is 5.32 Å². The van der Waals surface area contributed by atoms with Crippen LogP contribution in [0, 0.1) is 5.92 Å². The number of tetrazole rings is 1. The fourth-order valence-electron chi connectivity index (χ4n) is 2.46. The van der Waals surface area contributed by atoms with E-state index in [1.54, 1.807) is 4.68 Å². The number of thioether (sulfide) groups is 1. The van der Waals surface area contributed by atoms with Gasteiger partial charge in [0.1, 0.15) is 0 Å². The molecule has 6 nitrogen and oxygen atoms in total. The fourth-order valence-corrected chi connectivity index (χ4v) is 2.89. The molecule has 0 saturated heterocycles. The minimum absolute atomic E-state index is 0.0588. The predicted molar refractivity (Wildman–Crippen MR) is 86.0 cm³/mol. The highest BCUT2D eigenvalue weighted by Gasteiger charge is 2.18. The van der Waals surface area contributed by atoms with E-state index in [1.807, 2.05) is 30.5 Å². The Morgan fingerprint density at radius 1 is 1.41 bits per heavy atom. The Morgan fingerprint density at radius 3 is 3.09 bits per heavy atom. The molecule has 114 valence electrons. The van der Waals surface area contributed by atoms with Crippen LogP contribution in [0.1, 0.15) is 19.3 Å². The quantitative estimate of drug-likeness (QED) is 0.693. The Morgan fingerprint density at radius 2 is 2.32 bits per heavy atom. The van der Waals surface area contributed by atoms with Gasteiger partial charge in [0, 0.05) is 11.6 Å². The van der Waals surface area contributed by atoms with Crippen LogP contribution >= 0.6 is 11.8 Å². The first-order valence-corrected chi connectivity index (χ1v) is 8.39. The summed E-state index contributed by atoms with van der Waals surface area (Å²) in [5, 5.41) is 15.3. The van der Waals surface area contributed by atoms with Crippen LogP contribution in [-0.4, -0.2) is 32.4 Å². The zero-order valence-electron chi connectivity index (χ0n) is 12.3. The molecular weight excluding hydrogens is 298 g/mol. The van der Waals surface area contributed by atoms with Crippen molar-refractivity contribution in [1.82, 2.24) is 20.2 Å². The maximum atomic E-state index is 12.3. The van der Waals surface area contributed by atoms with Crippen molar-refractivity contribution in [2.24, 2.45) is 5.92 Å². The van der Waals surface area contributed by atoms with E-state index < -0.39 is 0 Å². The van der Waals surface area contributed by atoms with E-state index in [0.717, 1.165) is 30.6 Å². The second-order valence-corrected chi connectivity index (χ2v) is 5.87. The highest BCUT2D eigenvalue weighted by Crippen LogP contribution is 2.22. The van der Waals surface area contributed by atoms with Gasteiger partial charge in [-0.15, -0.1) is 5.10 Å². The summed E-state index contributed by atoms with van der Waals surface area (Å²) >= 11 is 1.47. The van der Waals surface area contributed by atoms with Gasteiger partial charge in [0.25, 0.3) is 0 Å². The van der Waals surface area contributed by atoms with Crippen molar-refractivity contribution in [1.29, 1.82) is 0 Å². The number of hydrogen-bond acceptors (Lipinski definition) is 5. The predicted octanol–water partition coefficient (Wildman–Crippen LogP) is 2.68. The lowest BCUT2D eigenvalue weighted by Crippen LogP contribution is -2.23. The summed E-state index contributed by atoms with van der Waals surface area (Å²) in [6.45, 7) is 0. The Labute approximate surface area is 133 Å². The molecule has 1 heterocycles. The summed E-state index contributed by atoms with van der Waals surface area (Å²) in [5.74, 6) is 0.131. The molecule has 1 aliphatic carbocycles. The van der Waals surface area contributed by atoms with Gasteiger partial charge in [0.2, 0.25) is 11.1 Å². The van der Waals surface area contributed by atoms with Crippen LogP contribution in [0.2, 0.25) is 0 Å². The standard InChI is InChI=1S/C15H17N5OS/c1-22-15-17-18-19-20(15)13-9-5-8-12(10-13)16-14(21)11-6-3-2-4-7-11/h2-3,5,8-11H,4,6-7H2,1H3,(H,16,21). The van der Waals surface area contributed by atoms with E-state index in [9.17, 15) is 4.79 Å². The molecule has 0 fully saturated rings. The highest BCUT2D eigenvalue weighted by atomic mass is 32.2. The molecule has 1 aromatic heterocycles. The minimum Gasteiger partial charge on any atom is -0.326 e. The summed E-state index contributed by atoms with van der Waals surface area (Å²) in [6, 6.07) is 7.56. The number of anilines is 1. The molecular formula is C15H17N5OS. The van der Waals surface area contributed by atoms with Crippen molar-refractivity contribution in [3.63, 3.8) is 0 Å². The first-order valence-electron chi connectivity index (χ1n) is 7.16. The summed E-state index contributed by atoms with van der Waals surface area (Å²) in [6.07, 6.45) is 8.83. The summed E-state index contributed by atoms with van der Waals surface area (Å²) in [4.78, 5) is 12.3. The van der Waals surface area contributed by atoms with E-state index in [1.165, 1.54) is 11.8 Å². The van der Waals surface area contributed by atoms with Crippen LogP contribution in [0.15, 0.2) is 41.6 Å². The van der Waals surface area contributed by atoms with E-state index in [4.69, 9.17) is 0 Å². The van der Waals surface area contributed by atoms with Crippen molar-refractivity contribution >= 4 is 23.4 Å². The van der Waals surface area contributed by atoms with Gasteiger partial charge >= 0.3 is 0 Å². The number of carbonyl (C=O) groups excluding carboxylic acids is 1. The van der Waals surface area contributed by atoms with Crippen LogP contribution in [0.4, 0.5) is 5.69 Å². The molecule has 0 radical (unpaired) electrons. The average Bonchev–Trinajstić information content (AvgIpc) is 3.04. The van der Waals surface area contributed by atoms with Crippen LogP contribution in [-0.2, 0) is 4.79 Å². The van der Waals surface area contributed by atoms with E-state index >= 15 is 0 Å². The third-order valence-corrected chi connectivity index (χ3v) is 4.24. The molecule has 0 spiro atoms. The first kappa shape index (κ1) is 14.8. The third kappa shape index (κ3) is 3.19. The van der Waals surface area contributed by atoms with Gasteiger partial charge in [-0.3, -0.25) is 4.79 Å². The average molecular weight is 315 g/mol. The van der Waals surface area contributed by atoms with Crippen molar-refractivity contribution in [2.75, 3.05) is 11.6 Å². The molecule has 1 atom stereocenters. The Balaban J connectivity index is 1.76. The zero-order chi connectivity index (χ0) is 15.4. The normalized spacial score (nSPS) is 17.4. The number of carbonyl (C=O) groups is 1. The van der Waals surface area contributed by atoms with E-state index in [-0.39, 0.29) is 11.8 Å². The van der Waals surface area contributed by atoms with Crippen molar-refractivity contribution < 1.29 is 4.79 Å². The van der Waals surface area contributed by atoms with Gasteiger partial charge < -0.3 is 5.32 Å². The van der Waals surface area contributed by atoms with Gasteiger partial charge in [-0.1, -0.05) is 30.0 Å². The molecule has 1 N–H and O–H groups in total. The smallest absolute Gasteiger partial charge is 0.227 e. The van der Waals surface area contributed by atoms with Crippen LogP contribution in [0.3, 0.4) is 0 Å². The fraction of sp³-hybridized carbons (Fsp3) is 0.333. The maximum absolute atomic E-state index is 12.3. The van der Waals surface area contributed by atoms with Crippen LogP contribution in [0.25, 0.3) is 5.69 Å². The summed E-state index contributed by atoms with van der Waals surface area (Å²) in [7, 11) is 0. The third-order valence-electron chi connectivity index (χ3n) is 3.62. The molecule has 0 bridgehead atoms. The van der Waals surface area contributed by atoms with Crippen molar-refractivity contribution in [3.8, 4) is 5.69 Å². The lowest BCUT2D eigenvalue weighted by atomic mass is 9.93. The molecule has 1 unspecified atom stereocenters. The summed E-state index contributed by atoms with van der Waals surface area (Å²) in [5.41, 5.74) is 1.59. The Kier molecular flexibility index (Phi) is 4.53. The minimum atomic E-state index is 0.0588. The molecule has 1 aromatic carbocycles. The number of hydrogen-bond donors (Lipinski definition) is 1.